The summed E-state index contributed by atoms with van der Waals surface area (Å²) in [5.41, 5.74) is 5.44. The van der Waals surface area contributed by atoms with Gasteiger partial charge in [0.25, 0.3) is 5.91 Å². The zero-order valence-electron chi connectivity index (χ0n) is 21.2. The van der Waals surface area contributed by atoms with Crippen LogP contribution in [0.25, 0.3) is 22.3 Å². The van der Waals surface area contributed by atoms with Crippen LogP contribution in [0.15, 0.2) is 36.5 Å². The number of piperidine rings is 1. The number of carbonyl (C=O) groups excluding carboxylic acids is 3. The molecule has 0 bridgehead atoms. The van der Waals surface area contributed by atoms with Crippen molar-refractivity contribution in [2.45, 2.75) is 50.9 Å². The second kappa shape index (κ2) is 9.39. The number of ether oxygens (including phenoxy) is 1. The molecule has 9 heteroatoms. The molecule has 192 valence electrons. The minimum atomic E-state index is -0.619. The van der Waals surface area contributed by atoms with Gasteiger partial charge >= 0.3 is 0 Å². The Kier molecular flexibility index (Phi) is 6.04. The number of aryl methyl sites for hydroxylation is 1. The number of nitrogens with one attached hydrogen (secondary N) is 1. The molecule has 6 rings (SSSR count). The second-order valence-corrected chi connectivity index (χ2v) is 10.3. The van der Waals surface area contributed by atoms with Crippen molar-refractivity contribution in [2.75, 3.05) is 20.3 Å². The van der Waals surface area contributed by atoms with Gasteiger partial charge in [-0.15, -0.1) is 0 Å². The third kappa shape index (κ3) is 4.22. The quantitative estimate of drug-likeness (QED) is 0.522. The van der Waals surface area contributed by atoms with Crippen molar-refractivity contribution in [3.05, 3.63) is 53.2 Å². The van der Waals surface area contributed by atoms with E-state index in [1.807, 2.05) is 36.0 Å². The molecule has 0 radical (unpaired) electrons. The van der Waals surface area contributed by atoms with Crippen LogP contribution in [0.4, 0.5) is 0 Å². The number of benzene rings is 1. The maximum absolute atomic E-state index is 13.1. The van der Waals surface area contributed by atoms with Crippen LogP contribution in [0.3, 0.4) is 0 Å². The van der Waals surface area contributed by atoms with Gasteiger partial charge in [0.1, 0.15) is 11.7 Å². The molecule has 3 aromatic rings. The van der Waals surface area contributed by atoms with Crippen LogP contribution in [0.1, 0.15) is 47.2 Å². The Morgan fingerprint density at radius 2 is 2.00 bits per heavy atom. The lowest BCUT2D eigenvalue weighted by Gasteiger charge is -2.29. The Bertz CT molecular complexity index is 1410. The van der Waals surface area contributed by atoms with Crippen LogP contribution in [0.5, 0.6) is 0 Å². The van der Waals surface area contributed by atoms with Gasteiger partial charge in [-0.3, -0.25) is 24.6 Å². The number of aromatic nitrogens is 2. The predicted molar refractivity (Wildman–Crippen MR) is 138 cm³/mol. The predicted octanol–water partition coefficient (Wildman–Crippen LogP) is 2.61. The molecule has 0 spiro atoms. The van der Waals surface area contributed by atoms with Gasteiger partial charge in [0.05, 0.1) is 12.3 Å². The fourth-order valence-electron chi connectivity index (χ4n) is 6.02. The molecule has 37 heavy (non-hydrogen) atoms. The van der Waals surface area contributed by atoms with Gasteiger partial charge in [0.2, 0.25) is 11.8 Å². The number of carbonyl (C=O) groups is 3. The van der Waals surface area contributed by atoms with Crippen LogP contribution in [-0.4, -0.2) is 69.4 Å². The lowest BCUT2D eigenvalue weighted by Crippen LogP contribution is -2.52. The van der Waals surface area contributed by atoms with Gasteiger partial charge in [-0.1, -0.05) is 6.07 Å². The number of amides is 3. The number of rotatable bonds is 6. The summed E-state index contributed by atoms with van der Waals surface area (Å²) in [5.74, 6) is -0.847. The SMILES string of the molecule is COCC1CCCN1Cc1cc(-c2ccc3c(c2)CN(C2CCC(=O)NC2=O)C3=O)nc2c1ccn2C. The van der Waals surface area contributed by atoms with E-state index in [0.29, 0.717) is 24.6 Å². The van der Waals surface area contributed by atoms with Gasteiger partial charge in [-0.25, -0.2) is 4.98 Å². The third-order valence-electron chi connectivity index (χ3n) is 7.97. The molecular weight excluding hydrogens is 470 g/mol. The summed E-state index contributed by atoms with van der Waals surface area (Å²) < 4.78 is 7.50. The Hall–Kier alpha value is -3.56. The maximum Gasteiger partial charge on any atom is 0.255 e. The molecule has 0 aliphatic carbocycles. The molecule has 3 amide bonds. The number of methoxy groups -OCH3 is 1. The van der Waals surface area contributed by atoms with E-state index in [0.717, 1.165) is 54.0 Å². The highest BCUT2D eigenvalue weighted by atomic mass is 16.5. The number of likely N-dealkylation sites (tertiary alicyclic amines) is 1. The molecule has 1 N–H and O–H groups in total. The van der Waals surface area contributed by atoms with Crippen molar-refractivity contribution in [3.63, 3.8) is 0 Å². The first-order valence-electron chi connectivity index (χ1n) is 12.9. The van der Waals surface area contributed by atoms with E-state index in [9.17, 15) is 14.4 Å². The van der Waals surface area contributed by atoms with Crippen LogP contribution in [0.2, 0.25) is 0 Å². The summed E-state index contributed by atoms with van der Waals surface area (Å²) in [4.78, 5) is 46.1. The molecule has 2 unspecified atom stereocenters. The van der Waals surface area contributed by atoms with Crippen molar-refractivity contribution in [1.29, 1.82) is 0 Å². The van der Waals surface area contributed by atoms with Crippen LogP contribution < -0.4 is 5.32 Å². The molecule has 1 aromatic carbocycles. The number of hydrogen-bond acceptors (Lipinski definition) is 6. The molecule has 0 saturated carbocycles. The lowest BCUT2D eigenvalue weighted by atomic mass is 10.0. The molecule has 2 saturated heterocycles. The molecule has 2 atom stereocenters. The van der Waals surface area contributed by atoms with E-state index in [4.69, 9.17) is 9.72 Å². The summed E-state index contributed by atoms with van der Waals surface area (Å²) in [6, 6.07) is 9.89. The van der Waals surface area contributed by atoms with E-state index < -0.39 is 11.9 Å². The van der Waals surface area contributed by atoms with E-state index in [1.165, 1.54) is 12.0 Å². The average molecular weight is 502 g/mol. The van der Waals surface area contributed by atoms with E-state index in [-0.39, 0.29) is 18.2 Å². The van der Waals surface area contributed by atoms with Crippen molar-refractivity contribution < 1.29 is 19.1 Å². The smallest absolute Gasteiger partial charge is 0.255 e. The van der Waals surface area contributed by atoms with Crippen molar-refractivity contribution in [2.24, 2.45) is 7.05 Å². The molecular formula is C28H31N5O4. The van der Waals surface area contributed by atoms with Gasteiger partial charge < -0.3 is 14.2 Å². The van der Waals surface area contributed by atoms with E-state index in [2.05, 4.69) is 22.3 Å². The minimum absolute atomic E-state index is 0.166. The highest BCUT2D eigenvalue weighted by Crippen LogP contribution is 2.33. The fraction of sp³-hybridized carbons (Fsp3) is 0.429. The van der Waals surface area contributed by atoms with Crippen molar-refractivity contribution in [3.8, 4) is 11.3 Å². The number of hydrogen-bond donors (Lipinski definition) is 1. The lowest BCUT2D eigenvalue weighted by molar-refractivity contribution is -0.136. The largest absolute Gasteiger partial charge is 0.383 e. The second-order valence-electron chi connectivity index (χ2n) is 10.3. The van der Waals surface area contributed by atoms with E-state index in [1.54, 1.807) is 12.0 Å². The Balaban J connectivity index is 1.32. The first-order valence-corrected chi connectivity index (χ1v) is 12.9. The number of imide groups is 1. The first-order chi connectivity index (χ1) is 17.9. The van der Waals surface area contributed by atoms with Gasteiger partial charge in [0.15, 0.2) is 0 Å². The summed E-state index contributed by atoms with van der Waals surface area (Å²) in [5, 5.41) is 3.51. The fourth-order valence-corrected chi connectivity index (χ4v) is 6.02. The van der Waals surface area contributed by atoms with Crippen molar-refractivity contribution >= 4 is 28.8 Å². The Labute approximate surface area is 215 Å². The van der Waals surface area contributed by atoms with Crippen LogP contribution >= 0.6 is 0 Å². The molecule has 5 heterocycles. The molecule has 3 aliphatic rings. The Morgan fingerprint density at radius 3 is 2.81 bits per heavy atom. The zero-order valence-corrected chi connectivity index (χ0v) is 21.2. The maximum atomic E-state index is 13.1. The average Bonchev–Trinajstić information content (AvgIpc) is 3.57. The topological polar surface area (TPSA) is 96.8 Å². The van der Waals surface area contributed by atoms with E-state index >= 15 is 0 Å². The third-order valence-corrected chi connectivity index (χ3v) is 7.97. The number of pyridine rings is 1. The molecule has 9 nitrogen and oxygen atoms in total. The van der Waals surface area contributed by atoms with Crippen LogP contribution in [0, 0.1) is 0 Å². The van der Waals surface area contributed by atoms with Gasteiger partial charge in [-0.2, -0.15) is 0 Å². The summed E-state index contributed by atoms with van der Waals surface area (Å²) >= 11 is 0. The molecule has 2 aromatic heterocycles. The standard InChI is InChI=1S/C28H31N5O4/c1-31-11-9-21-19(14-32-10-3-4-20(32)16-37-2)13-23(29-26(21)31)17-5-6-22-18(12-17)15-33(28(22)36)24-7-8-25(34)30-27(24)35/h5-6,9,11-13,20,24H,3-4,7-8,10,14-16H2,1-2H3,(H,30,34,35). The highest BCUT2D eigenvalue weighted by Gasteiger charge is 2.39. The zero-order chi connectivity index (χ0) is 25.7. The van der Waals surface area contributed by atoms with Crippen molar-refractivity contribution in [1.82, 2.24) is 24.7 Å². The molecule has 3 aliphatic heterocycles. The van der Waals surface area contributed by atoms with Gasteiger partial charge in [0, 0.05) is 62.4 Å². The summed E-state index contributed by atoms with van der Waals surface area (Å²) in [7, 11) is 3.77. The summed E-state index contributed by atoms with van der Waals surface area (Å²) in [6.07, 6.45) is 4.96. The Morgan fingerprint density at radius 1 is 1.14 bits per heavy atom. The number of fused-ring (bicyclic) bond motifs is 2. The first kappa shape index (κ1) is 23.8. The normalized spacial score (nSPS) is 22.2. The monoisotopic (exact) mass is 501 g/mol. The van der Waals surface area contributed by atoms with Gasteiger partial charge in [-0.05, 0) is 61.2 Å². The minimum Gasteiger partial charge on any atom is -0.383 e. The number of nitrogens with zero attached hydrogens (tertiary/aromatic N) is 4. The van der Waals surface area contributed by atoms with Crippen LogP contribution in [-0.2, 0) is 34.5 Å². The molecule has 2 fully saturated rings. The summed E-state index contributed by atoms with van der Waals surface area (Å²) in [6.45, 7) is 2.96. The highest BCUT2D eigenvalue weighted by molar-refractivity contribution is 6.05.